The molecule has 0 spiro atoms. The minimum absolute atomic E-state index is 0.0320. The highest BCUT2D eigenvalue weighted by atomic mass is 19.1. The van der Waals surface area contributed by atoms with Crippen LogP contribution in [-0.2, 0) is 9.53 Å². The van der Waals surface area contributed by atoms with Gasteiger partial charge in [-0.1, -0.05) is 12.1 Å². The Balaban J connectivity index is 1.97. The van der Waals surface area contributed by atoms with Crippen molar-refractivity contribution in [1.82, 2.24) is 9.97 Å². The van der Waals surface area contributed by atoms with Gasteiger partial charge in [0, 0.05) is 10.9 Å². The number of nitrogens with one attached hydrogen (secondary N) is 1. The third-order valence-corrected chi connectivity index (χ3v) is 3.40. The summed E-state index contributed by atoms with van der Waals surface area (Å²) >= 11 is 0. The SMILES string of the molecule is CCOC(=O)C(=NNc1ncnc2ccccc12)c1ccc(F)cc1. The zero-order valence-corrected chi connectivity index (χ0v) is 13.4. The highest BCUT2D eigenvalue weighted by molar-refractivity contribution is 6.43. The maximum absolute atomic E-state index is 13.1. The number of anilines is 1. The number of hydrazone groups is 1. The first-order chi connectivity index (χ1) is 12.2. The molecular weight excluding hydrogens is 323 g/mol. The molecule has 0 unspecified atom stereocenters. The number of hydrogen-bond donors (Lipinski definition) is 1. The lowest BCUT2D eigenvalue weighted by molar-refractivity contribution is -0.134. The average Bonchev–Trinajstić information content (AvgIpc) is 2.63. The second kappa shape index (κ2) is 7.48. The van der Waals surface area contributed by atoms with Crippen molar-refractivity contribution in [1.29, 1.82) is 0 Å². The Bertz CT molecular complexity index is 921. The normalized spacial score (nSPS) is 11.4. The van der Waals surface area contributed by atoms with Gasteiger partial charge in [-0.2, -0.15) is 5.10 Å². The second-order valence-corrected chi connectivity index (χ2v) is 5.04. The fraction of sp³-hybridized carbons (Fsp3) is 0.111. The van der Waals surface area contributed by atoms with Gasteiger partial charge in [-0.3, -0.25) is 5.43 Å². The summed E-state index contributed by atoms with van der Waals surface area (Å²) in [6, 6.07) is 12.8. The molecule has 7 heteroatoms. The molecule has 0 fully saturated rings. The number of benzene rings is 2. The van der Waals surface area contributed by atoms with Crippen LogP contribution in [0.3, 0.4) is 0 Å². The van der Waals surface area contributed by atoms with Gasteiger partial charge in [0.2, 0.25) is 0 Å². The molecule has 1 heterocycles. The molecule has 0 aliphatic carbocycles. The van der Waals surface area contributed by atoms with Crippen LogP contribution in [0.1, 0.15) is 12.5 Å². The zero-order chi connectivity index (χ0) is 17.6. The summed E-state index contributed by atoms with van der Waals surface area (Å²) in [5, 5.41) is 4.90. The van der Waals surface area contributed by atoms with E-state index in [-0.39, 0.29) is 12.3 Å². The molecule has 0 radical (unpaired) electrons. The van der Waals surface area contributed by atoms with Crippen molar-refractivity contribution >= 4 is 28.4 Å². The Kier molecular flexibility index (Phi) is 4.94. The monoisotopic (exact) mass is 338 g/mol. The van der Waals surface area contributed by atoms with Crippen LogP contribution in [0, 0.1) is 5.82 Å². The van der Waals surface area contributed by atoms with Crippen LogP contribution < -0.4 is 5.43 Å². The topological polar surface area (TPSA) is 76.5 Å². The standard InChI is InChI=1S/C18H15FN4O2/c1-2-25-18(24)16(12-7-9-13(19)10-8-12)22-23-17-14-5-3-4-6-15(14)20-11-21-17/h3-11H,2H2,1H3,(H,20,21,23). The summed E-state index contributed by atoms with van der Waals surface area (Å²) < 4.78 is 18.2. The molecule has 3 rings (SSSR count). The summed E-state index contributed by atoms with van der Waals surface area (Å²) in [7, 11) is 0. The van der Waals surface area contributed by atoms with Crippen molar-refractivity contribution < 1.29 is 13.9 Å². The number of aromatic nitrogens is 2. The van der Waals surface area contributed by atoms with Crippen molar-refractivity contribution in [3.63, 3.8) is 0 Å². The van der Waals surface area contributed by atoms with Gasteiger partial charge in [0.25, 0.3) is 0 Å². The molecule has 25 heavy (non-hydrogen) atoms. The third kappa shape index (κ3) is 3.77. The van der Waals surface area contributed by atoms with Crippen LogP contribution in [0.5, 0.6) is 0 Å². The van der Waals surface area contributed by atoms with Gasteiger partial charge < -0.3 is 4.74 Å². The molecule has 0 aliphatic heterocycles. The van der Waals surface area contributed by atoms with Gasteiger partial charge in [0.15, 0.2) is 11.5 Å². The first kappa shape index (κ1) is 16.5. The summed E-state index contributed by atoms with van der Waals surface area (Å²) in [4.78, 5) is 20.5. The average molecular weight is 338 g/mol. The van der Waals surface area contributed by atoms with Crippen LogP contribution in [0.2, 0.25) is 0 Å². The second-order valence-electron chi connectivity index (χ2n) is 5.04. The largest absolute Gasteiger partial charge is 0.461 e. The Morgan fingerprint density at radius 1 is 1.16 bits per heavy atom. The van der Waals surface area contributed by atoms with Crippen molar-refractivity contribution in [2.45, 2.75) is 6.92 Å². The van der Waals surface area contributed by atoms with Crippen LogP contribution in [-0.4, -0.2) is 28.3 Å². The van der Waals surface area contributed by atoms with Crippen LogP contribution in [0.15, 0.2) is 60.0 Å². The molecule has 3 aromatic rings. The number of rotatable bonds is 5. The van der Waals surface area contributed by atoms with E-state index in [2.05, 4.69) is 20.5 Å². The molecule has 2 aromatic carbocycles. The minimum atomic E-state index is -0.611. The Morgan fingerprint density at radius 2 is 1.92 bits per heavy atom. The Morgan fingerprint density at radius 3 is 2.68 bits per heavy atom. The zero-order valence-electron chi connectivity index (χ0n) is 13.4. The number of hydrogen-bond acceptors (Lipinski definition) is 6. The van der Waals surface area contributed by atoms with E-state index in [0.717, 1.165) is 10.9 Å². The summed E-state index contributed by atoms with van der Waals surface area (Å²) in [5.74, 6) is -0.559. The number of carbonyl (C=O) groups is 1. The number of nitrogens with zero attached hydrogens (tertiary/aromatic N) is 3. The predicted molar refractivity (Wildman–Crippen MR) is 92.7 cm³/mol. The molecule has 0 saturated heterocycles. The van der Waals surface area contributed by atoms with Crippen LogP contribution >= 0.6 is 0 Å². The molecule has 126 valence electrons. The van der Waals surface area contributed by atoms with E-state index in [1.165, 1.54) is 30.6 Å². The predicted octanol–water partition coefficient (Wildman–Crippen LogP) is 3.15. The van der Waals surface area contributed by atoms with Crippen molar-refractivity contribution in [2.75, 3.05) is 12.0 Å². The van der Waals surface area contributed by atoms with E-state index < -0.39 is 11.8 Å². The van der Waals surface area contributed by atoms with E-state index in [4.69, 9.17) is 4.74 Å². The molecule has 0 aliphatic rings. The number of halogens is 1. The molecule has 0 atom stereocenters. The van der Waals surface area contributed by atoms with E-state index in [1.807, 2.05) is 24.3 Å². The van der Waals surface area contributed by atoms with Crippen molar-refractivity contribution in [3.8, 4) is 0 Å². The number of esters is 1. The fourth-order valence-electron chi connectivity index (χ4n) is 2.24. The maximum Gasteiger partial charge on any atom is 0.359 e. The Labute approximate surface area is 143 Å². The maximum atomic E-state index is 13.1. The van der Waals surface area contributed by atoms with E-state index in [9.17, 15) is 9.18 Å². The van der Waals surface area contributed by atoms with E-state index >= 15 is 0 Å². The van der Waals surface area contributed by atoms with E-state index in [0.29, 0.717) is 11.4 Å². The van der Waals surface area contributed by atoms with Gasteiger partial charge in [-0.15, -0.1) is 0 Å². The molecule has 6 nitrogen and oxygen atoms in total. The van der Waals surface area contributed by atoms with Gasteiger partial charge in [0.05, 0.1) is 12.1 Å². The van der Waals surface area contributed by atoms with Crippen LogP contribution in [0.4, 0.5) is 10.2 Å². The molecule has 0 amide bonds. The smallest absolute Gasteiger partial charge is 0.359 e. The van der Waals surface area contributed by atoms with Crippen molar-refractivity contribution in [2.24, 2.45) is 5.10 Å². The molecule has 0 saturated carbocycles. The molecular formula is C18H15FN4O2. The molecule has 0 bridgehead atoms. The quantitative estimate of drug-likeness (QED) is 0.439. The van der Waals surface area contributed by atoms with Crippen molar-refractivity contribution in [3.05, 3.63) is 66.2 Å². The lowest BCUT2D eigenvalue weighted by Crippen LogP contribution is -2.20. The number of ether oxygens (including phenoxy) is 1. The molecule has 1 aromatic heterocycles. The van der Waals surface area contributed by atoms with Gasteiger partial charge in [0.1, 0.15) is 12.1 Å². The fourth-order valence-corrected chi connectivity index (χ4v) is 2.24. The Hall–Kier alpha value is -3.35. The highest BCUT2D eigenvalue weighted by Gasteiger charge is 2.16. The number of para-hydroxylation sites is 1. The third-order valence-electron chi connectivity index (χ3n) is 3.40. The lowest BCUT2D eigenvalue weighted by Gasteiger charge is -2.08. The summed E-state index contributed by atoms with van der Waals surface area (Å²) in [6.45, 7) is 1.90. The highest BCUT2D eigenvalue weighted by Crippen LogP contribution is 2.18. The number of carbonyl (C=O) groups excluding carboxylic acids is 1. The van der Waals surface area contributed by atoms with E-state index in [1.54, 1.807) is 6.92 Å². The first-order valence-corrected chi connectivity index (χ1v) is 7.65. The van der Waals surface area contributed by atoms with Gasteiger partial charge in [-0.25, -0.2) is 19.2 Å². The lowest BCUT2D eigenvalue weighted by atomic mass is 10.1. The summed E-state index contributed by atoms with van der Waals surface area (Å²) in [5.41, 5.74) is 4.00. The molecule has 1 N–H and O–H groups in total. The first-order valence-electron chi connectivity index (χ1n) is 7.65. The van der Waals surface area contributed by atoms with Gasteiger partial charge >= 0.3 is 5.97 Å². The van der Waals surface area contributed by atoms with Crippen LogP contribution in [0.25, 0.3) is 10.9 Å². The van der Waals surface area contributed by atoms with Gasteiger partial charge in [-0.05, 0) is 43.3 Å². The minimum Gasteiger partial charge on any atom is -0.461 e. The number of fused-ring (bicyclic) bond motifs is 1. The summed E-state index contributed by atoms with van der Waals surface area (Å²) in [6.07, 6.45) is 1.40.